The molecule has 3 aromatic rings. The number of nitrogens with one attached hydrogen (secondary N) is 2. The van der Waals surface area contributed by atoms with E-state index < -0.39 is 0 Å². The molecule has 4 heterocycles. The van der Waals surface area contributed by atoms with Crippen LogP contribution in [0.4, 0.5) is 0 Å². The molecule has 184 valence electrons. The molecular weight excluding hydrogens is 428 g/mol. The lowest BCUT2D eigenvalue weighted by Crippen LogP contribution is -2.15. The Morgan fingerprint density at radius 2 is 1.54 bits per heavy atom. The van der Waals surface area contributed by atoms with Gasteiger partial charge < -0.3 is 9.97 Å². The van der Waals surface area contributed by atoms with Gasteiger partial charge in [-0.25, -0.2) is 0 Å². The third-order valence-corrected chi connectivity index (χ3v) is 7.67. The second-order valence-electron chi connectivity index (χ2n) is 9.59. The molecule has 0 amide bonds. The van der Waals surface area contributed by atoms with Crippen molar-refractivity contribution in [2.75, 3.05) is 0 Å². The van der Waals surface area contributed by atoms with Crippen LogP contribution in [0, 0.1) is 20.8 Å². The zero-order valence-electron chi connectivity index (χ0n) is 22.5. The molecule has 2 N–H and O–H groups in total. The van der Waals surface area contributed by atoms with Gasteiger partial charge in [0.25, 0.3) is 0 Å². The van der Waals surface area contributed by atoms with E-state index in [2.05, 4.69) is 87.7 Å². The van der Waals surface area contributed by atoms with Crippen molar-refractivity contribution in [1.29, 1.82) is 0 Å². The number of allylic oxidation sites excluding steroid dienone is 1. The Kier molecular flexibility index (Phi) is 7.59. The Hall–Kier alpha value is -3.14. The molecule has 1 unspecified atom stereocenters. The zero-order valence-corrected chi connectivity index (χ0v) is 22.5. The van der Waals surface area contributed by atoms with Gasteiger partial charge in [-0.2, -0.15) is 0 Å². The summed E-state index contributed by atoms with van der Waals surface area (Å²) in [5.41, 5.74) is 13.0. The number of aliphatic imine (C=N–C) groups is 1. The highest BCUT2D eigenvalue weighted by Crippen LogP contribution is 2.29. The Morgan fingerprint density at radius 3 is 2.09 bits per heavy atom. The molecule has 1 aliphatic rings. The number of rotatable bonds is 8. The standard InChI is InChI=1S/C31H40N4/c1-8-23-24(9-2)30(34-28(23)16-22-14-12-13-15-32-22)18-31-26(11-4)25(10-3)29(35-31)17-27-20(6)19(5)21(7)33-27/h12-15,17-18,28,33,35H,8-11,16H2,1-7H3. The fourth-order valence-electron chi connectivity index (χ4n) is 5.53. The van der Waals surface area contributed by atoms with E-state index in [4.69, 9.17) is 4.99 Å². The predicted molar refractivity (Wildman–Crippen MR) is 149 cm³/mol. The van der Waals surface area contributed by atoms with Crippen molar-refractivity contribution in [2.24, 2.45) is 4.99 Å². The van der Waals surface area contributed by atoms with Crippen molar-refractivity contribution in [1.82, 2.24) is 15.0 Å². The third kappa shape index (κ3) is 4.84. The number of H-pyrrole nitrogens is 2. The minimum Gasteiger partial charge on any atom is -0.359 e. The van der Waals surface area contributed by atoms with Crippen LogP contribution in [0.2, 0.25) is 0 Å². The van der Waals surface area contributed by atoms with Crippen LogP contribution in [0.15, 0.2) is 40.5 Å². The van der Waals surface area contributed by atoms with Crippen LogP contribution in [0.25, 0.3) is 12.2 Å². The molecule has 0 aliphatic carbocycles. The average molecular weight is 469 g/mol. The first-order valence-electron chi connectivity index (χ1n) is 13.2. The second-order valence-corrected chi connectivity index (χ2v) is 9.59. The number of pyridine rings is 1. The second kappa shape index (κ2) is 10.6. The van der Waals surface area contributed by atoms with Crippen molar-refractivity contribution in [3.05, 3.63) is 85.6 Å². The number of hydrogen-bond donors (Lipinski definition) is 2. The summed E-state index contributed by atoms with van der Waals surface area (Å²) < 4.78 is 0. The molecule has 4 rings (SSSR count). The normalized spacial score (nSPS) is 17.1. The minimum absolute atomic E-state index is 0.181. The fraction of sp³-hybridized carbons (Fsp3) is 0.419. The Balaban J connectivity index is 1.83. The van der Waals surface area contributed by atoms with Gasteiger partial charge >= 0.3 is 0 Å². The van der Waals surface area contributed by atoms with Gasteiger partial charge in [0, 0.05) is 40.4 Å². The van der Waals surface area contributed by atoms with Crippen molar-refractivity contribution >= 4 is 17.9 Å². The van der Waals surface area contributed by atoms with E-state index in [1.54, 1.807) is 0 Å². The first kappa shape index (κ1) is 25.0. The summed E-state index contributed by atoms with van der Waals surface area (Å²) in [6.07, 6.45) is 11.4. The van der Waals surface area contributed by atoms with Crippen LogP contribution >= 0.6 is 0 Å². The van der Waals surface area contributed by atoms with Crippen LogP contribution in [0.1, 0.15) is 79.9 Å². The van der Waals surface area contributed by atoms with Crippen LogP contribution in [-0.4, -0.2) is 26.7 Å². The quantitative estimate of drug-likeness (QED) is 0.445. The van der Waals surface area contributed by atoms with Crippen LogP contribution in [0.3, 0.4) is 0 Å². The molecule has 0 fully saturated rings. The van der Waals surface area contributed by atoms with E-state index in [1.165, 1.54) is 55.5 Å². The van der Waals surface area contributed by atoms with E-state index in [9.17, 15) is 0 Å². The molecule has 0 bridgehead atoms. The summed E-state index contributed by atoms with van der Waals surface area (Å²) >= 11 is 0. The summed E-state index contributed by atoms with van der Waals surface area (Å²) in [7, 11) is 0. The maximum atomic E-state index is 5.25. The Labute approximate surface area is 210 Å². The van der Waals surface area contributed by atoms with Gasteiger partial charge in [-0.3, -0.25) is 9.98 Å². The zero-order chi connectivity index (χ0) is 25.1. The van der Waals surface area contributed by atoms with Crippen molar-refractivity contribution < 1.29 is 0 Å². The van der Waals surface area contributed by atoms with Crippen LogP contribution in [0.5, 0.6) is 0 Å². The molecule has 4 nitrogen and oxygen atoms in total. The highest BCUT2D eigenvalue weighted by Gasteiger charge is 2.25. The highest BCUT2D eigenvalue weighted by atomic mass is 14.8. The van der Waals surface area contributed by atoms with Gasteiger partial charge in [0.15, 0.2) is 0 Å². The maximum absolute atomic E-state index is 5.25. The molecule has 4 heteroatoms. The van der Waals surface area contributed by atoms with Gasteiger partial charge in [0.2, 0.25) is 0 Å². The van der Waals surface area contributed by atoms with E-state index in [-0.39, 0.29) is 6.04 Å². The van der Waals surface area contributed by atoms with Crippen molar-refractivity contribution in [3.8, 4) is 0 Å². The summed E-state index contributed by atoms with van der Waals surface area (Å²) in [6.45, 7) is 15.6. The third-order valence-electron chi connectivity index (χ3n) is 7.67. The average Bonchev–Trinajstić information content (AvgIpc) is 3.46. The van der Waals surface area contributed by atoms with Crippen molar-refractivity contribution in [3.63, 3.8) is 0 Å². The molecular formula is C31H40N4. The molecule has 1 aliphatic heterocycles. The molecule has 0 saturated heterocycles. The topological polar surface area (TPSA) is 56.8 Å². The van der Waals surface area contributed by atoms with E-state index in [0.717, 1.165) is 43.5 Å². The van der Waals surface area contributed by atoms with Gasteiger partial charge in [0.1, 0.15) is 0 Å². The summed E-state index contributed by atoms with van der Waals surface area (Å²) in [5.74, 6) is 0. The van der Waals surface area contributed by atoms with E-state index >= 15 is 0 Å². The molecule has 0 radical (unpaired) electrons. The number of nitrogens with zero attached hydrogens (tertiary/aromatic N) is 2. The number of aromatic nitrogens is 3. The molecule has 1 atom stereocenters. The van der Waals surface area contributed by atoms with Gasteiger partial charge in [0.05, 0.1) is 11.8 Å². The maximum Gasteiger partial charge on any atom is 0.0778 e. The Morgan fingerprint density at radius 1 is 0.829 bits per heavy atom. The van der Waals surface area contributed by atoms with Crippen molar-refractivity contribution in [2.45, 2.75) is 86.6 Å². The lowest BCUT2D eigenvalue weighted by Gasteiger charge is -2.11. The number of aromatic amines is 2. The number of hydrogen-bond acceptors (Lipinski definition) is 2. The first-order valence-corrected chi connectivity index (χ1v) is 13.2. The lowest BCUT2D eigenvalue weighted by atomic mass is 9.94. The van der Waals surface area contributed by atoms with E-state index in [0.29, 0.717) is 0 Å². The molecule has 35 heavy (non-hydrogen) atoms. The SMILES string of the molecule is CCC1=C(CC)C(Cc2ccccn2)N=C1C=c1[nH]c(=Cc2[nH]c(C)c(C)c2C)c(CC)c1CC. The molecule has 0 saturated carbocycles. The first-order chi connectivity index (χ1) is 16.9. The van der Waals surface area contributed by atoms with Crippen LogP contribution < -0.4 is 10.7 Å². The monoisotopic (exact) mass is 468 g/mol. The largest absolute Gasteiger partial charge is 0.359 e. The Bertz CT molecular complexity index is 1380. The van der Waals surface area contributed by atoms with Gasteiger partial charge in [-0.15, -0.1) is 0 Å². The summed E-state index contributed by atoms with van der Waals surface area (Å²) in [5, 5.41) is 2.41. The van der Waals surface area contributed by atoms with Gasteiger partial charge in [-0.05, 0) is 104 Å². The van der Waals surface area contributed by atoms with Crippen LogP contribution in [-0.2, 0) is 19.3 Å². The predicted octanol–water partition coefficient (Wildman–Crippen LogP) is 5.58. The molecule has 3 aromatic heterocycles. The lowest BCUT2D eigenvalue weighted by molar-refractivity contribution is 0.732. The summed E-state index contributed by atoms with van der Waals surface area (Å²) in [6, 6.07) is 6.33. The molecule has 0 spiro atoms. The van der Waals surface area contributed by atoms with E-state index in [1.807, 2.05) is 12.3 Å². The molecule has 0 aromatic carbocycles. The minimum atomic E-state index is 0.181. The highest BCUT2D eigenvalue weighted by molar-refractivity contribution is 6.22. The van der Waals surface area contributed by atoms with Gasteiger partial charge in [-0.1, -0.05) is 33.8 Å². The summed E-state index contributed by atoms with van der Waals surface area (Å²) in [4.78, 5) is 17.2. The fourth-order valence-corrected chi connectivity index (χ4v) is 5.53. The smallest absolute Gasteiger partial charge is 0.0778 e. The number of aryl methyl sites for hydroxylation is 1.